The Labute approximate surface area is 128 Å². The summed E-state index contributed by atoms with van der Waals surface area (Å²) in [6.45, 7) is 4.89. The van der Waals surface area contributed by atoms with Crippen LogP contribution in [-0.4, -0.2) is 61.3 Å². The highest BCUT2D eigenvalue weighted by Crippen LogP contribution is 2.22. The number of benzene rings is 1. The second-order valence-electron chi connectivity index (χ2n) is 4.89. The molecule has 1 saturated heterocycles. The molecule has 0 radical (unpaired) electrons. The molecule has 22 heavy (non-hydrogen) atoms. The third-order valence-corrected chi connectivity index (χ3v) is 3.25. The monoisotopic (exact) mass is 308 g/mol. The molecule has 0 saturated carbocycles. The van der Waals surface area contributed by atoms with E-state index in [1.165, 1.54) is 12.1 Å². The number of hydrogen-bond donors (Lipinski definition) is 2. The maximum Gasteiger partial charge on any atom is 0.341 e. The summed E-state index contributed by atoms with van der Waals surface area (Å²) in [4.78, 5) is 25.5. The predicted molar refractivity (Wildman–Crippen MR) is 80.0 cm³/mol. The zero-order valence-corrected chi connectivity index (χ0v) is 12.5. The number of nitrogens with zero attached hydrogens (tertiary/aromatic N) is 1. The molecule has 0 aromatic heterocycles. The Bertz CT molecular complexity index is 541. The highest BCUT2D eigenvalue weighted by Gasteiger charge is 2.16. The van der Waals surface area contributed by atoms with Crippen molar-refractivity contribution < 1.29 is 24.2 Å². The minimum atomic E-state index is -0.591. The number of hydrogen-bond acceptors (Lipinski definition) is 6. The van der Waals surface area contributed by atoms with Crippen LogP contribution in [0.3, 0.4) is 0 Å². The van der Waals surface area contributed by atoms with Crippen molar-refractivity contribution in [3.05, 3.63) is 23.8 Å². The largest absolute Gasteiger partial charge is 0.507 e. The normalized spacial score (nSPS) is 15.3. The number of aromatic hydroxyl groups is 1. The smallest absolute Gasteiger partial charge is 0.341 e. The van der Waals surface area contributed by atoms with Crippen LogP contribution in [0.1, 0.15) is 17.3 Å². The van der Waals surface area contributed by atoms with E-state index in [1.54, 1.807) is 13.0 Å². The van der Waals surface area contributed by atoms with Gasteiger partial charge in [-0.05, 0) is 19.1 Å². The molecule has 0 bridgehead atoms. The van der Waals surface area contributed by atoms with E-state index in [2.05, 4.69) is 5.32 Å². The van der Waals surface area contributed by atoms with Crippen molar-refractivity contribution in [3.63, 3.8) is 0 Å². The Balaban J connectivity index is 1.93. The van der Waals surface area contributed by atoms with Crippen LogP contribution in [0.4, 0.5) is 5.69 Å². The molecule has 0 spiro atoms. The minimum absolute atomic E-state index is 0.0769. The molecule has 2 rings (SSSR count). The molecule has 0 atom stereocenters. The van der Waals surface area contributed by atoms with Crippen LogP contribution >= 0.6 is 0 Å². The fraction of sp³-hybridized carbons (Fsp3) is 0.467. The standard InChI is InChI=1S/C15H20N2O5/c1-2-22-15(20)12-4-3-11(9-13(12)18)16-14(19)10-17-5-7-21-8-6-17/h3-4,9,18H,2,5-8,10H2,1H3,(H,16,19). The van der Waals surface area contributed by atoms with Gasteiger partial charge in [-0.25, -0.2) is 4.79 Å². The molecular formula is C15H20N2O5. The Morgan fingerprint density at radius 1 is 1.36 bits per heavy atom. The summed E-state index contributed by atoms with van der Waals surface area (Å²) < 4.78 is 10.0. The van der Waals surface area contributed by atoms with E-state index in [-0.39, 0.29) is 30.4 Å². The number of carbonyl (C=O) groups excluding carboxylic acids is 2. The molecule has 120 valence electrons. The number of ether oxygens (including phenoxy) is 2. The molecule has 1 aromatic rings. The van der Waals surface area contributed by atoms with Gasteiger partial charge in [0.05, 0.1) is 26.4 Å². The Kier molecular flexibility index (Phi) is 5.74. The number of phenolic OH excluding ortho intramolecular Hbond substituents is 1. The van der Waals surface area contributed by atoms with Gasteiger partial charge in [0.25, 0.3) is 0 Å². The van der Waals surface area contributed by atoms with E-state index in [0.717, 1.165) is 13.1 Å². The lowest BCUT2D eigenvalue weighted by Crippen LogP contribution is -2.41. The first kappa shape index (κ1) is 16.3. The minimum Gasteiger partial charge on any atom is -0.507 e. The van der Waals surface area contributed by atoms with Gasteiger partial charge in [0.1, 0.15) is 11.3 Å². The Morgan fingerprint density at radius 2 is 2.09 bits per heavy atom. The number of esters is 1. The molecular weight excluding hydrogens is 288 g/mol. The van der Waals surface area contributed by atoms with E-state index >= 15 is 0 Å². The first-order chi connectivity index (χ1) is 10.6. The summed E-state index contributed by atoms with van der Waals surface area (Å²) in [5.74, 6) is -0.987. The fourth-order valence-electron chi connectivity index (χ4n) is 2.15. The zero-order valence-electron chi connectivity index (χ0n) is 12.5. The molecule has 7 nitrogen and oxygen atoms in total. The first-order valence-electron chi connectivity index (χ1n) is 7.20. The molecule has 0 unspecified atom stereocenters. The van der Waals surface area contributed by atoms with Gasteiger partial charge < -0.3 is 19.9 Å². The zero-order chi connectivity index (χ0) is 15.9. The molecule has 2 N–H and O–H groups in total. The lowest BCUT2D eigenvalue weighted by atomic mass is 10.2. The summed E-state index contributed by atoms with van der Waals surface area (Å²) in [7, 11) is 0. The average Bonchev–Trinajstić information content (AvgIpc) is 2.48. The Morgan fingerprint density at radius 3 is 2.73 bits per heavy atom. The van der Waals surface area contributed by atoms with Crippen molar-refractivity contribution in [3.8, 4) is 5.75 Å². The number of phenols is 1. The molecule has 1 aliphatic rings. The van der Waals surface area contributed by atoms with Gasteiger partial charge >= 0.3 is 5.97 Å². The summed E-state index contributed by atoms with van der Waals surface area (Å²) in [5, 5.41) is 12.5. The lowest BCUT2D eigenvalue weighted by Gasteiger charge is -2.25. The van der Waals surface area contributed by atoms with Gasteiger partial charge in [-0.3, -0.25) is 9.69 Å². The number of anilines is 1. The van der Waals surface area contributed by atoms with E-state index in [9.17, 15) is 14.7 Å². The molecule has 0 aliphatic carbocycles. The molecule has 1 fully saturated rings. The number of nitrogens with one attached hydrogen (secondary N) is 1. The second kappa shape index (κ2) is 7.77. The van der Waals surface area contributed by atoms with E-state index < -0.39 is 5.97 Å². The molecule has 1 aliphatic heterocycles. The van der Waals surface area contributed by atoms with Crippen LogP contribution < -0.4 is 5.32 Å². The van der Waals surface area contributed by atoms with E-state index in [1.807, 2.05) is 4.90 Å². The number of morpholine rings is 1. The van der Waals surface area contributed by atoms with Gasteiger partial charge in [-0.2, -0.15) is 0 Å². The predicted octanol–water partition coefficient (Wildman–Crippen LogP) is 0.840. The molecule has 7 heteroatoms. The Hall–Kier alpha value is -2.12. The number of rotatable bonds is 5. The van der Waals surface area contributed by atoms with Gasteiger partial charge in [0, 0.05) is 24.8 Å². The van der Waals surface area contributed by atoms with Crippen LogP contribution in [0.2, 0.25) is 0 Å². The summed E-state index contributed by atoms with van der Waals surface area (Å²) >= 11 is 0. The highest BCUT2D eigenvalue weighted by atomic mass is 16.5. The van der Waals surface area contributed by atoms with Crippen LogP contribution in [0, 0.1) is 0 Å². The average molecular weight is 308 g/mol. The number of carbonyl (C=O) groups is 2. The fourth-order valence-corrected chi connectivity index (χ4v) is 2.15. The van der Waals surface area contributed by atoms with Crippen molar-refractivity contribution in [1.29, 1.82) is 0 Å². The van der Waals surface area contributed by atoms with Gasteiger partial charge in [-0.15, -0.1) is 0 Å². The van der Waals surface area contributed by atoms with Gasteiger partial charge in [0.2, 0.25) is 5.91 Å². The third-order valence-electron chi connectivity index (χ3n) is 3.25. The van der Waals surface area contributed by atoms with Crippen LogP contribution in [0.15, 0.2) is 18.2 Å². The van der Waals surface area contributed by atoms with Crippen molar-refractivity contribution in [2.45, 2.75) is 6.92 Å². The van der Waals surface area contributed by atoms with Crippen LogP contribution in [-0.2, 0) is 14.3 Å². The first-order valence-corrected chi connectivity index (χ1v) is 7.20. The second-order valence-corrected chi connectivity index (χ2v) is 4.89. The van der Waals surface area contributed by atoms with Crippen LogP contribution in [0.25, 0.3) is 0 Å². The number of amides is 1. The van der Waals surface area contributed by atoms with Crippen molar-refractivity contribution >= 4 is 17.6 Å². The maximum absolute atomic E-state index is 11.9. The third kappa shape index (κ3) is 4.44. The van der Waals surface area contributed by atoms with Gasteiger partial charge in [-0.1, -0.05) is 0 Å². The van der Waals surface area contributed by atoms with Crippen LogP contribution in [0.5, 0.6) is 5.75 Å². The van der Waals surface area contributed by atoms with Crippen molar-refractivity contribution in [2.75, 3.05) is 44.8 Å². The van der Waals surface area contributed by atoms with Crippen molar-refractivity contribution in [2.24, 2.45) is 0 Å². The quantitative estimate of drug-likeness (QED) is 0.784. The molecule has 1 heterocycles. The van der Waals surface area contributed by atoms with Crippen molar-refractivity contribution in [1.82, 2.24) is 4.90 Å². The maximum atomic E-state index is 11.9. The lowest BCUT2D eigenvalue weighted by molar-refractivity contribution is -0.118. The van der Waals surface area contributed by atoms with E-state index in [0.29, 0.717) is 18.9 Å². The summed E-state index contributed by atoms with van der Waals surface area (Å²) in [5.41, 5.74) is 0.511. The topological polar surface area (TPSA) is 88.1 Å². The summed E-state index contributed by atoms with van der Waals surface area (Å²) in [6, 6.07) is 4.32. The SMILES string of the molecule is CCOC(=O)c1ccc(NC(=O)CN2CCOCC2)cc1O. The van der Waals surface area contributed by atoms with E-state index in [4.69, 9.17) is 9.47 Å². The van der Waals surface area contributed by atoms with Gasteiger partial charge in [0.15, 0.2) is 0 Å². The summed E-state index contributed by atoms with van der Waals surface area (Å²) in [6.07, 6.45) is 0. The molecule has 1 aromatic carbocycles. The highest BCUT2D eigenvalue weighted by molar-refractivity contribution is 5.95. The molecule has 1 amide bonds.